The minimum Gasteiger partial charge on any atom is -0.354 e. The molecule has 0 saturated carbocycles. The van der Waals surface area contributed by atoms with Crippen LogP contribution in [-0.4, -0.2) is 19.9 Å². The highest BCUT2D eigenvalue weighted by atomic mass is 79.9. The lowest BCUT2D eigenvalue weighted by atomic mass is 10.0. The van der Waals surface area contributed by atoms with E-state index in [1.165, 1.54) is 0 Å². The van der Waals surface area contributed by atoms with Gasteiger partial charge in [0.2, 0.25) is 0 Å². The molecule has 0 amide bonds. The van der Waals surface area contributed by atoms with Crippen LogP contribution in [-0.2, 0) is 0 Å². The number of aromatic nitrogens is 4. The van der Waals surface area contributed by atoms with Gasteiger partial charge in [0.15, 0.2) is 0 Å². The van der Waals surface area contributed by atoms with Gasteiger partial charge in [-0.2, -0.15) is 0 Å². The average molecular weight is 620 g/mol. The van der Waals surface area contributed by atoms with Crippen LogP contribution in [0.25, 0.3) is 68.6 Å². The smallest absolute Gasteiger partial charge is 0.0802 e. The Labute approximate surface area is 236 Å². The van der Waals surface area contributed by atoms with Crippen molar-refractivity contribution in [2.45, 2.75) is 0 Å². The molecular formula is C32H20Br2N4. The Bertz CT molecular complexity index is 1930. The average Bonchev–Trinajstić information content (AvgIpc) is 3.77. The highest BCUT2D eigenvalue weighted by Crippen LogP contribution is 2.35. The van der Waals surface area contributed by atoms with Crippen molar-refractivity contribution in [1.82, 2.24) is 19.9 Å². The Morgan fingerprint density at radius 1 is 0.421 bits per heavy atom. The molecule has 2 aliphatic heterocycles. The van der Waals surface area contributed by atoms with Crippen LogP contribution in [0.3, 0.4) is 0 Å². The molecule has 0 fully saturated rings. The molecule has 6 heteroatoms. The standard InChI is InChI=1S/C32H20Br2N4/c33-31-25-15-13-23(36-25)29(19-7-3-1-4-8-19)21-11-12-22(35-21)30(20-9-5-2-6-10-20)24-14-16-26(37-24)32(34)28-18-17-27(31)38-28/h1-18,35-36H. The van der Waals surface area contributed by atoms with Crippen LogP contribution in [0, 0.1) is 0 Å². The second kappa shape index (κ2) is 9.39. The number of rotatable bonds is 2. The van der Waals surface area contributed by atoms with Crippen molar-refractivity contribution in [1.29, 1.82) is 0 Å². The Balaban J connectivity index is 1.68. The molecule has 5 aromatic rings. The minimum atomic E-state index is 0.834. The molecule has 5 heterocycles. The third-order valence-corrected chi connectivity index (χ3v) is 8.40. The van der Waals surface area contributed by atoms with E-state index in [1.807, 2.05) is 30.4 Å². The van der Waals surface area contributed by atoms with Crippen molar-refractivity contribution in [3.05, 3.63) is 117 Å². The van der Waals surface area contributed by atoms with Crippen molar-refractivity contribution >= 4 is 78.2 Å². The summed E-state index contributed by atoms with van der Waals surface area (Å²) in [7, 11) is 0. The molecule has 38 heavy (non-hydrogen) atoms. The first-order valence-electron chi connectivity index (χ1n) is 12.2. The summed E-state index contributed by atoms with van der Waals surface area (Å²) in [6.45, 7) is 0. The summed E-state index contributed by atoms with van der Waals surface area (Å²) in [4.78, 5) is 17.3. The summed E-state index contributed by atoms with van der Waals surface area (Å²) in [6, 6.07) is 29.3. The molecule has 0 saturated heterocycles. The normalized spacial score (nSPS) is 12.3. The second-order valence-electron chi connectivity index (χ2n) is 9.11. The number of fused-ring (bicyclic) bond motifs is 8. The molecule has 2 aromatic carbocycles. The van der Waals surface area contributed by atoms with Crippen molar-refractivity contribution in [3.63, 3.8) is 0 Å². The maximum Gasteiger partial charge on any atom is 0.0802 e. The Morgan fingerprint density at radius 3 is 1.45 bits per heavy atom. The van der Waals surface area contributed by atoms with Gasteiger partial charge in [0.05, 0.1) is 37.2 Å². The van der Waals surface area contributed by atoms with Crippen LogP contribution in [0.2, 0.25) is 0 Å². The summed E-state index contributed by atoms with van der Waals surface area (Å²) < 4.78 is 1.76. The van der Waals surface area contributed by atoms with E-state index in [2.05, 4.69) is 121 Å². The van der Waals surface area contributed by atoms with Gasteiger partial charge in [-0.25, -0.2) is 9.97 Å². The summed E-state index contributed by atoms with van der Waals surface area (Å²) in [6.07, 6.45) is 8.14. The van der Waals surface area contributed by atoms with Crippen molar-refractivity contribution in [2.24, 2.45) is 0 Å². The molecule has 2 N–H and O–H groups in total. The molecule has 182 valence electrons. The molecule has 0 unspecified atom stereocenters. The van der Waals surface area contributed by atoms with Gasteiger partial charge in [0.25, 0.3) is 0 Å². The lowest BCUT2D eigenvalue weighted by Crippen LogP contribution is -1.87. The summed E-state index contributed by atoms with van der Waals surface area (Å²) in [5.41, 5.74) is 11.8. The Hall–Kier alpha value is -4.00. The molecule has 2 aliphatic rings. The van der Waals surface area contributed by atoms with Crippen LogP contribution >= 0.6 is 31.9 Å². The molecule has 0 spiro atoms. The zero-order valence-electron chi connectivity index (χ0n) is 20.0. The molecule has 0 atom stereocenters. The predicted octanol–water partition coefficient (Wildman–Crippen LogP) is 9.51. The van der Waals surface area contributed by atoms with Gasteiger partial charge < -0.3 is 9.97 Å². The summed E-state index contributed by atoms with van der Waals surface area (Å²) in [5.74, 6) is 0. The zero-order valence-corrected chi connectivity index (χ0v) is 23.2. The van der Waals surface area contributed by atoms with E-state index in [9.17, 15) is 0 Å². The molecule has 0 radical (unpaired) electrons. The van der Waals surface area contributed by atoms with Crippen molar-refractivity contribution in [2.75, 3.05) is 0 Å². The highest BCUT2D eigenvalue weighted by molar-refractivity contribution is 9.11. The molecular weight excluding hydrogens is 600 g/mol. The Morgan fingerprint density at radius 2 is 0.842 bits per heavy atom. The third-order valence-electron chi connectivity index (χ3n) is 6.75. The Kier molecular flexibility index (Phi) is 5.72. The van der Waals surface area contributed by atoms with Gasteiger partial charge in [-0.3, -0.25) is 0 Å². The fourth-order valence-corrected chi connectivity index (χ4v) is 5.86. The van der Waals surface area contributed by atoms with Crippen molar-refractivity contribution < 1.29 is 0 Å². The number of hydrogen-bond donors (Lipinski definition) is 2. The first kappa shape index (κ1) is 23.1. The fraction of sp³-hybridized carbons (Fsp3) is 0. The van der Waals surface area contributed by atoms with E-state index in [1.54, 1.807) is 0 Å². The monoisotopic (exact) mass is 618 g/mol. The quantitative estimate of drug-likeness (QED) is 0.202. The number of aromatic amines is 2. The van der Waals surface area contributed by atoms with E-state index in [4.69, 9.17) is 9.97 Å². The first-order chi connectivity index (χ1) is 18.7. The van der Waals surface area contributed by atoms with E-state index >= 15 is 0 Å². The number of nitrogens with one attached hydrogen (secondary N) is 2. The first-order valence-corrected chi connectivity index (χ1v) is 13.8. The topological polar surface area (TPSA) is 57.4 Å². The van der Waals surface area contributed by atoms with E-state index < -0.39 is 0 Å². The van der Waals surface area contributed by atoms with Crippen LogP contribution < -0.4 is 0 Å². The molecule has 7 rings (SSSR count). The molecule has 4 nitrogen and oxygen atoms in total. The maximum absolute atomic E-state index is 5.04. The molecule has 8 bridgehead atoms. The summed E-state index contributed by atoms with van der Waals surface area (Å²) in [5, 5.41) is 0. The SMILES string of the molecule is Brc1c2nc(c(Br)c3ccc([nH]3)c(-c3ccccc3)c3ccc([nH]3)c(-c3ccccc3)c3nc1C=C3)C=C2. The number of hydrogen-bond acceptors (Lipinski definition) is 2. The lowest BCUT2D eigenvalue weighted by Gasteiger charge is -2.05. The fourth-order valence-electron chi connectivity index (χ4n) is 4.96. The molecule has 3 aromatic heterocycles. The number of benzene rings is 2. The zero-order chi connectivity index (χ0) is 25.6. The predicted molar refractivity (Wildman–Crippen MR) is 165 cm³/mol. The van der Waals surface area contributed by atoms with Gasteiger partial charge >= 0.3 is 0 Å². The van der Waals surface area contributed by atoms with Crippen LogP contribution in [0.5, 0.6) is 0 Å². The van der Waals surface area contributed by atoms with Gasteiger partial charge in [0.1, 0.15) is 0 Å². The van der Waals surface area contributed by atoms with E-state index in [0.29, 0.717) is 0 Å². The van der Waals surface area contributed by atoms with Gasteiger partial charge in [-0.1, -0.05) is 60.7 Å². The van der Waals surface area contributed by atoms with E-state index in [0.717, 1.165) is 76.0 Å². The highest BCUT2D eigenvalue weighted by Gasteiger charge is 2.16. The van der Waals surface area contributed by atoms with Gasteiger partial charge in [0, 0.05) is 27.7 Å². The van der Waals surface area contributed by atoms with Crippen molar-refractivity contribution in [3.8, 4) is 22.3 Å². The maximum atomic E-state index is 5.04. The number of halogens is 2. The number of nitrogens with zero attached hydrogens (tertiary/aromatic N) is 2. The summed E-state index contributed by atoms with van der Waals surface area (Å²) >= 11 is 7.56. The second-order valence-corrected chi connectivity index (χ2v) is 10.7. The molecule has 0 aliphatic carbocycles. The minimum absolute atomic E-state index is 0.834. The third kappa shape index (κ3) is 3.97. The number of H-pyrrole nitrogens is 2. The van der Waals surface area contributed by atoms with Crippen LogP contribution in [0.15, 0.2) is 93.9 Å². The van der Waals surface area contributed by atoms with Gasteiger partial charge in [-0.15, -0.1) is 0 Å². The van der Waals surface area contributed by atoms with Crippen LogP contribution in [0.4, 0.5) is 0 Å². The van der Waals surface area contributed by atoms with Gasteiger partial charge in [-0.05, 0) is 91.6 Å². The largest absolute Gasteiger partial charge is 0.354 e. The van der Waals surface area contributed by atoms with E-state index in [-0.39, 0.29) is 0 Å². The van der Waals surface area contributed by atoms with Crippen LogP contribution in [0.1, 0.15) is 22.8 Å². The lowest BCUT2D eigenvalue weighted by molar-refractivity contribution is 1.25.